The molecule has 4 N–H and O–H groups in total. The number of benzene rings is 5. The lowest BCUT2D eigenvalue weighted by Gasteiger charge is -2.31. The minimum atomic E-state index is -1.33. The molecule has 35 heteroatoms. The summed E-state index contributed by atoms with van der Waals surface area (Å²) in [6.07, 6.45) is 8.62. The molecule has 0 radical (unpaired) electrons. The number of non-ortho nitro benzene ring substituents is 1. The van der Waals surface area contributed by atoms with Crippen LogP contribution in [0.15, 0.2) is 72.8 Å². The average molecular weight is 1870 g/mol. The van der Waals surface area contributed by atoms with Crippen molar-refractivity contribution >= 4 is 129 Å². The molecule has 3 aliphatic rings. The lowest BCUT2D eigenvalue weighted by atomic mass is 10.1. The van der Waals surface area contributed by atoms with Crippen molar-refractivity contribution in [3.63, 3.8) is 0 Å². The number of hydrogen-bond donors (Lipinski definition) is 3. The molecule has 702 valence electrons. The van der Waals surface area contributed by atoms with Crippen LogP contribution < -0.4 is 30.0 Å². The summed E-state index contributed by atoms with van der Waals surface area (Å²) in [6, 6.07) is 18.8. The second kappa shape index (κ2) is 58.1. The SMILES string of the molecule is CCSC(SCC)[C@H]1CCCN1C(=O)c1cc(C)c(OCCCOC(C)C)cc1N.CCSC(SCC)[C@H]1CCCN1C(=O)c1cc(C)c(OCCCOC(C)C)cc1NC(=O)OCc1ccc([N+](=O)[O-])cc1.CCSC(SCC)[C@H]1CCCN1C(=O)c1cc(C)c(OCCCOC(C)C)cc1[N+](=O)[O-].Cc1cc(C(=O)O)c([N+](=O)[O-])cc1OCCCOC(C)C. The van der Waals surface area contributed by atoms with Gasteiger partial charge in [-0.2, -0.15) is 0 Å². The van der Waals surface area contributed by atoms with Gasteiger partial charge in [0, 0.05) is 75.3 Å². The number of nitrogens with one attached hydrogen (secondary N) is 1. The molecule has 5 aromatic rings. The summed E-state index contributed by atoms with van der Waals surface area (Å²) >= 11 is 11.3. The minimum Gasteiger partial charge on any atom is -0.493 e. The van der Waals surface area contributed by atoms with E-state index in [2.05, 4.69) is 46.9 Å². The van der Waals surface area contributed by atoms with Crippen LogP contribution in [0.2, 0.25) is 0 Å². The van der Waals surface area contributed by atoms with E-state index in [9.17, 15) is 54.3 Å². The molecule has 0 spiro atoms. The van der Waals surface area contributed by atoms with Crippen LogP contribution in [0.3, 0.4) is 0 Å². The molecule has 126 heavy (non-hydrogen) atoms. The number of anilines is 2. The maximum absolute atomic E-state index is 14.1. The Bertz CT molecular complexity index is 4230. The molecule has 0 bridgehead atoms. The van der Waals surface area contributed by atoms with Crippen LogP contribution in [0.1, 0.15) is 230 Å². The Hall–Kier alpha value is -7.61. The van der Waals surface area contributed by atoms with Crippen LogP contribution in [-0.4, -0.2) is 228 Å². The van der Waals surface area contributed by atoms with Gasteiger partial charge in [0.05, 0.1) is 153 Å². The van der Waals surface area contributed by atoms with Gasteiger partial charge < -0.3 is 68.2 Å². The average Bonchev–Trinajstić information content (AvgIpc) is 1.01. The van der Waals surface area contributed by atoms with Gasteiger partial charge in [-0.15, -0.1) is 70.6 Å². The number of carbonyl (C=O) groups excluding carboxylic acids is 4. The smallest absolute Gasteiger partial charge is 0.411 e. The zero-order valence-corrected chi connectivity index (χ0v) is 81.7. The Morgan fingerprint density at radius 1 is 0.437 bits per heavy atom. The monoisotopic (exact) mass is 1870 g/mol. The van der Waals surface area contributed by atoms with E-state index in [4.69, 9.17) is 53.5 Å². The Morgan fingerprint density at radius 2 is 0.746 bits per heavy atom. The number of aryl methyl sites for hydroxylation is 4. The molecule has 3 fully saturated rings. The number of nitrogens with two attached hydrogens (primary N) is 1. The molecule has 3 aliphatic heterocycles. The first kappa shape index (κ1) is 109. The molecule has 5 aromatic carbocycles. The van der Waals surface area contributed by atoms with Gasteiger partial charge in [0.2, 0.25) is 0 Å². The Labute approximate surface area is 770 Å². The van der Waals surface area contributed by atoms with E-state index in [1.807, 2.05) is 167 Å². The zero-order chi connectivity index (χ0) is 93.1. The van der Waals surface area contributed by atoms with E-state index in [1.165, 1.54) is 36.4 Å². The standard InChI is InChI=1S/C31H43N3O7S2.C23H36N2O5S2.C23H38N2O3S2.C14H19NO6/c1-6-42-30(43-7-2)27-10-8-15-33(27)29(35)25-18-22(5)28(40-17-9-16-39-21(3)4)19-26(25)32-31(36)41-20-23-11-13-24(14-12-23)34(37)38;1-6-31-23(32-7-2)19-10-8-11-24(19)22(26)18-14-17(5)21(15-20(18)25(27)28)30-13-9-12-29-16(3)4;1-6-29-23(30-7-2)20-10-8-11-25(20)22(26)18-14-17(5)21(15-19(18)24)28-13-9-12-27-16(3)4;1-9(2)20-5-4-6-21-13-8-12(15(18)19)11(14(16)17)7-10(13)3/h11-14,18-19,21,27,30H,6-10,15-17,20H2,1-5H3,(H,32,36);14-16,19,23H,6-13H2,1-5H3;14-16,20,23H,6-13,24H2,1-5H3;7-9H,4-6H2,1-3H3,(H,16,17)/t27-;19-;20-;/m111./s1. The van der Waals surface area contributed by atoms with E-state index in [0.717, 1.165) is 115 Å². The third-order valence-corrected chi connectivity index (χ3v) is 28.2. The van der Waals surface area contributed by atoms with Crippen LogP contribution in [0.5, 0.6) is 23.0 Å². The number of nitrogens with zero attached hydrogens (tertiary/aromatic N) is 6. The fraction of sp³-hybridized carbons (Fsp3) is 0.615. The third kappa shape index (κ3) is 36.0. The fourth-order valence-electron chi connectivity index (χ4n) is 14.0. The molecule has 3 atom stereocenters. The quantitative estimate of drug-likeness (QED) is 0.0107. The first-order chi connectivity index (χ1) is 60.1. The summed E-state index contributed by atoms with van der Waals surface area (Å²) in [5.74, 6) is 6.41. The lowest BCUT2D eigenvalue weighted by Crippen LogP contribution is -2.41. The molecule has 3 saturated heterocycles. The summed E-state index contributed by atoms with van der Waals surface area (Å²) in [5, 5.41) is 45.4. The molecule has 29 nitrogen and oxygen atoms in total. The van der Waals surface area contributed by atoms with Gasteiger partial charge in [-0.3, -0.25) is 50.0 Å². The van der Waals surface area contributed by atoms with E-state index < -0.39 is 32.5 Å². The highest BCUT2D eigenvalue weighted by Crippen LogP contribution is 2.42. The summed E-state index contributed by atoms with van der Waals surface area (Å²) in [5.41, 5.74) is 10.8. The number of thioether (sulfide) groups is 6. The highest BCUT2D eigenvalue weighted by molar-refractivity contribution is 8.17. The topological polar surface area (TPSA) is 366 Å². The van der Waals surface area contributed by atoms with Crippen molar-refractivity contribution in [2.75, 3.05) is 118 Å². The molecular formula is C91H136N8O21S6. The van der Waals surface area contributed by atoms with E-state index in [0.29, 0.717) is 141 Å². The lowest BCUT2D eigenvalue weighted by molar-refractivity contribution is -0.385. The fourth-order valence-corrected chi connectivity index (χ4v) is 22.6. The number of nitrogen functional groups attached to an aromatic ring is 1. The molecule has 3 heterocycles. The number of amides is 4. The maximum Gasteiger partial charge on any atom is 0.411 e. The largest absolute Gasteiger partial charge is 0.493 e. The highest BCUT2D eigenvalue weighted by Gasteiger charge is 2.41. The first-order valence-corrected chi connectivity index (χ1v) is 50.1. The molecule has 4 amide bonds. The summed E-state index contributed by atoms with van der Waals surface area (Å²) in [7, 11) is 0. The zero-order valence-electron chi connectivity index (χ0n) is 76.8. The van der Waals surface area contributed by atoms with Crippen molar-refractivity contribution in [2.45, 2.75) is 252 Å². The normalized spacial score (nSPS) is 14.9. The van der Waals surface area contributed by atoms with Gasteiger partial charge in [0.1, 0.15) is 40.7 Å². The summed E-state index contributed by atoms with van der Waals surface area (Å²) in [4.78, 5) is 103. The third-order valence-electron chi connectivity index (χ3n) is 19.9. The molecule has 0 aliphatic carbocycles. The van der Waals surface area contributed by atoms with Gasteiger partial charge >= 0.3 is 12.1 Å². The Morgan fingerprint density at radius 3 is 1.08 bits per heavy atom. The second-order valence-electron chi connectivity index (χ2n) is 31.0. The molecule has 0 unspecified atom stereocenters. The predicted molar refractivity (Wildman–Crippen MR) is 513 cm³/mol. The minimum absolute atomic E-state index is 0.0450. The van der Waals surface area contributed by atoms with Crippen molar-refractivity contribution in [3.05, 3.63) is 153 Å². The van der Waals surface area contributed by atoms with Gasteiger partial charge in [0.25, 0.3) is 34.8 Å². The van der Waals surface area contributed by atoms with Gasteiger partial charge in [-0.1, -0.05) is 41.5 Å². The number of aromatic carboxylic acids is 1. The number of carboxylic acids is 1. The predicted octanol–water partition coefficient (Wildman–Crippen LogP) is 20.8. The van der Waals surface area contributed by atoms with E-state index in [-0.39, 0.29) is 98.5 Å². The first-order valence-electron chi connectivity index (χ1n) is 43.8. The molecule has 0 aromatic heterocycles. The van der Waals surface area contributed by atoms with Crippen LogP contribution >= 0.6 is 70.6 Å². The Balaban J connectivity index is 0.000000307. The van der Waals surface area contributed by atoms with Crippen LogP contribution in [0.25, 0.3) is 0 Å². The molecule has 8 rings (SSSR count). The van der Waals surface area contributed by atoms with Crippen molar-refractivity contribution in [1.82, 2.24) is 14.7 Å². The number of rotatable bonds is 49. The van der Waals surface area contributed by atoms with Crippen molar-refractivity contribution in [3.8, 4) is 23.0 Å². The van der Waals surface area contributed by atoms with Crippen molar-refractivity contribution < 1.29 is 86.5 Å². The maximum atomic E-state index is 14.1. The number of likely N-dealkylation sites (tertiary alicyclic amines) is 3. The van der Waals surface area contributed by atoms with Gasteiger partial charge in [-0.25, -0.2) is 9.59 Å². The van der Waals surface area contributed by atoms with E-state index in [1.54, 1.807) is 31.2 Å². The molecular weight excluding hydrogens is 1730 g/mol. The number of nitro benzene ring substituents is 3. The van der Waals surface area contributed by atoms with Crippen molar-refractivity contribution in [2.24, 2.45) is 0 Å². The number of carboxylic acid groups (broad SMARTS) is 1. The van der Waals surface area contributed by atoms with Gasteiger partial charge in [-0.05, 0) is 220 Å². The number of ether oxygens (including phenoxy) is 9. The number of carbonyl (C=O) groups is 5. The number of hydrogen-bond acceptors (Lipinski definition) is 27. The Kier molecular flexibility index (Phi) is 50.3. The molecule has 0 saturated carbocycles. The highest BCUT2D eigenvalue weighted by atomic mass is 32.2. The van der Waals surface area contributed by atoms with Crippen LogP contribution in [0, 0.1) is 58.0 Å². The summed E-state index contributed by atoms with van der Waals surface area (Å²) in [6.45, 7) is 42.1. The van der Waals surface area contributed by atoms with E-state index >= 15 is 0 Å². The second-order valence-corrected chi connectivity index (χ2v) is 40.4. The summed E-state index contributed by atoms with van der Waals surface area (Å²) < 4.78 is 51.6. The van der Waals surface area contributed by atoms with Gasteiger partial charge in [0.15, 0.2) is 0 Å². The van der Waals surface area contributed by atoms with Crippen LogP contribution in [-0.2, 0) is 30.3 Å². The van der Waals surface area contributed by atoms with Crippen molar-refractivity contribution in [1.29, 1.82) is 0 Å². The number of nitro groups is 3. The van der Waals surface area contributed by atoms with Crippen LogP contribution in [0.4, 0.5) is 33.2 Å².